The van der Waals surface area contributed by atoms with Gasteiger partial charge < -0.3 is 4.74 Å². The summed E-state index contributed by atoms with van der Waals surface area (Å²) in [5.74, 6) is 0. The molecule has 0 saturated heterocycles. The highest BCUT2D eigenvalue weighted by molar-refractivity contribution is 9.09. The van der Waals surface area contributed by atoms with Crippen molar-refractivity contribution < 1.29 is 4.74 Å². The van der Waals surface area contributed by atoms with Gasteiger partial charge in [-0.3, -0.25) is 0 Å². The van der Waals surface area contributed by atoms with Crippen LogP contribution in [0.25, 0.3) is 0 Å². The molecule has 0 atom stereocenters. The van der Waals surface area contributed by atoms with Gasteiger partial charge in [-0.1, -0.05) is 41.3 Å². The average Bonchev–Trinajstić information content (AvgIpc) is 2.30. The molecule has 0 aromatic rings. The van der Waals surface area contributed by atoms with Crippen molar-refractivity contribution in [3.63, 3.8) is 0 Å². The van der Waals surface area contributed by atoms with Gasteiger partial charge in [-0.15, -0.1) is 6.58 Å². The van der Waals surface area contributed by atoms with Crippen molar-refractivity contribution in [2.45, 2.75) is 44.9 Å². The molecule has 0 aromatic heterocycles. The van der Waals surface area contributed by atoms with E-state index in [1.54, 1.807) is 0 Å². The van der Waals surface area contributed by atoms with Gasteiger partial charge in [0.05, 0.1) is 6.61 Å². The van der Waals surface area contributed by atoms with Crippen LogP contribution in [-0.2, 0) is 4.74 Å². The van der Waals surface area contributed by atoms with Crippen LogP contribution < -0.4 is 0 Å². The lowest BCUT2D eigenvalue weighted by Gasteiger charge is -2.35. The molecule has 0 radical (unpaired) electrons. The van der Waals surface area contributed by atoms with Gasteiger partial charge in [0.2, 0.25) is 0 Å². The second-order valence-electron chi connectivity index (χ2n) is 4.68. The lowest BCUT2D eigenvalue weighted by molar-refractivity contribution is 0.0342. The Balaban J connectivity index is 2.17. The molecule has 15 heavy (non-hydrogen) atoms. The summed E-state index contributed by atoms with van der Waals surface area (Å²) in [6.45, 7) is 5.54. The number of rotatable bonds is 7. The van der Waals surface area contributed by atoms with E-state index >= 15 is 0 Å². The zero-order valence-corrected chi connectivity index (χ0v) is 11.2. The van der Waals surface area contributed by atoms with Crippen LogP contribution in [0.1, 0.15) is 44.9 Å². The molecule has 0 aliphatic heterocycles. The lowest BCUT2D eigenvalue weighted by Crippen LogP contribution is -2.31. The minimum absolute atomic E-state index is 0.437. The maximum Gasteiger partial charge on any atom is 0.0530 e. The summed E-state index contributed by atoms with van der Waals surface area (Å²) in [6.07, 6.45) is 11.0. The number of alkyl halides is 1. The van der Waals surface area contributed by atoms with Crippen LogP contribution in [0.2, 0.25) is 0 Å². The van der Waals surface area contributed by atoms with Crippen LogP contribution in [0.5, 0.6) is 0 Å². The van der Waals surface area contributed by atoms with Gasteiger partial charge in [-0.05, 0) is 25.7 Å². The first kappa shape index (κ1) is 13.2. The second kappa shape index (κ2) is 7.45. The highest BCUT2D eigenvalue weighted by Gasteiger charge is 2.30. The van der Waals surface area contributed by atoms with Gasteiger partial charge in [0, 0.05) is 17.4 Å². The number of halogens is 1. The van der Waals surface area contributed by atoms with Crippen LogP contribution in [0.4, 0.5) is 0 Å². The summed E-state index contributed by atoms with van der Waals surface area (Å²) in [5.41, 5.74) is 0.437. The highest BCUT2D eigenvalue weighted by atomic mass is 79.9. The standard InChI is InChI=1S/C13H23BrO/c1-2-3-7-10-15-12-13(11-14)8-5-4-6-9-13/h2H,1,3-12H2. The second-order valence-corrected chi connectivity index (χ2v) is 5.24. The molecule has 1 saturated carbocycles. The van der Waals surface area contributed by atoms with E-state index in [0.717, 1.165) is 31.4 Å². The third-order valence-electron chi connectivity index (χ3n) is 3.30. The molecule has 1 nitrogen and oxygen atoms in total. The topological polar surface area (TPSA) is 9.23 Å². The van der Waals surface area contributed by atoms with Gasteiger partial charge in [0.25, 0.3) is 0 Å². The maximum absolute atomic E-state index is 5.79. The zero-order chi connectivity index (χ0) is 11.0. The summed E-state index contributed by atoms with van der Waals surface area (Å²) in [4.78, 5) is 0. The first-order valence-corrected chi connectivity index (χ1v) is 7.20. The van der Waals surface area contributed by atoms with Gasteiger partial charge in [-0.25, -0.2) is 0 Å². The first-order valence-electron chi connectivity index (χ1n) is 6.08. The molecule has 2 heteroatoms. The summed E-state index contributed by atoms with van der Waals surface area (Å²) in [5, 5.41) is 1.10. The van der Waals surface area contributed by atoms with Crippen molar-refractivity contribution in [2.24, 2.45) is 5.41 Å². The SMILES string of the molecule is C=CCCCOCC1(CBr)CCCCC1. The Morgan fingerprint density at radius 3 is 2.60 bits per heavy atom. The normalized spacial score (nSPS) is 20.1. The third kappa shape index (κ3) is 4.69. The van der Waals surface area contributed by atoms with Gasteiger partial charge in [0.1, 0.15) is 0 Å². The quantitative estimate of drug-likeness (QED) is 0.382. The molecule has 0 heterocycles. The predicted molar refractivity (Wildman–Crippen MR) is 69.6 cm³/mol. The van der Waals surface area contributed by atoms with Crippen LogP contribution in [0, 0.1) is 5.41 Å². The number of ether oxygens (including phenoxy) is 1. The van der Waals surface area contributed by atoms with Gasteiger partial charge in [-0.2, -0.15) is 0 Å². The first-order chi connectivity index (χ1) is 7.33. The molecule has 0 aromatic carbocycles. The van der Waals surface area contributed by atoms with E-state index in [4.69, 9.17) is 4.74 Å². The molecule has 0 spiro atoms. The fourth-order valence-electron chi connectivity index (χ4n) is 2.24. The monoisotopic (exact) mass is 274 g/mol. The summed E-state index contributed by atoms with van der Waals surface area (Å²) in [7, 11) is 0. The minimum Gasteiger partial charge on any atom is -0.381 e. The van der Waals surface area contributed by atoms with Crippen LogP contribution in [0.15, 0.2) is 12.7 Å². The van der Waals surface area contributed by atoms with Crippen LogP contribution >= 0.6 is 15.9 Å². The molecule has 1 aliphatic carbocycles. The molecular weight excluding hydrogens is 252 g/mol. The zero-order valence-electron chi connectivity index (χ0n) is 9.64. The Bertz CT molecular complexity index is 173. The Kier molecular flexibility index (Phi) is 6.58. The van der Waals surface area contributed by atoms with E-state index in [0.29, 0.717) is 5.41 Å². The third-order valence-corrected chi connectivity index (χ3v) is 4.49. The van der Waals surface area contributed by atoms with Crippen molar-refractivity contribution in [3.8, 4) is 0 Å². The summed E-state index contributed by atoms with van der Waals surface area (Å²) >= 11 is 3.65. The largest absolute Gasteiger partial charge is 0.381 e. The molecule has 0 N–H and O–H groups in total. The summed E-state index contributed by atoms with van der Waals surface area (Å²) in [6, 6.07) is 0. The number of unbranched alkanes of at least 4 members (excludes halogenated alkanes) is 1. The van der Waals surface area contributed by atoms with Gasteiger partial charge >= 0.3 is 0 Å². The van der Waals surface area contributed by atoms with Crippen molar-refractivity contribution in [3.05, 3.63) is 12.7 Å². The minimum atomic E-state index is 0.437. The number of allylic oxidation sites excluding steroid dienone is 1. The molecule has 0 unspecified atom stereocenters. The molecule has 0 amide bonds. The molecule has 1 rings (SSSR count). The van der Waals surface area contributed by atoms with Crippen molar-refractivity contribution in [2.75, 3.05) is 18.5 Å². The number of hydrogen-bond acceptors (Lipinski definition) is 1. The molecule has 0 bridgehead atoms. The van der Waals surface area contributed by atoms with E-state index in [1.807, 2.05) is 6.08 Å². The molecular formula is C13H23BrO. The fourth-order valence-corrected chi connectivity index (χ4v) is 2.96. The van der Waals surface area contributed by atoms with Gasteiger partial charge in [0.15, 0.2) is 0 Å². The fraction of sp³-hybridized carbons (Fsp3) is 0.846. The van der Waals surface area contributed by atoms with Crippen molar-refractivity contribution in [1.29, 1.82) is 0 Å². The smallest absolute Gasteiger partial charge is 0.0530 e. The molecule has 88 valence electrons. The van der Waals surface area contributed by atoms with Crippen LogP contribution in [-0.4, -0.2) is 18.5 Å². The van der Waals surface area contributed by atoms with E-state index in [-0.39, 0.29) is 0 Å². The van der Waals surface area contributed by atoms with Crippen molar-refractivity contribution in [1.82, 2.24) is 0 Å². The molecule has 1 aliphatic rings. The van der Waals surface area contributed by atoms with E-state index in [2.05, 4.69) is 22.5 Å². The molecule has 1 fully saturated rings. The number of hydrogen-bond donors (Lipinski definition) is 0. The Morgan fingerprint density at radius 2 is 2.00 bits per heavy atom. The van der Waals surface area contributed by atoms with E-state index in [1.165, 1.54) is 32.1 Å². The Morgan fingerprint density at radius 1 is 1.27 bits per heavy atom. The maximum atomic E-state index is 5.79. The average molecular weight is 275 g/mol. The van der Waals surface area contributed by atoms with Crippen LogP contribution in [0.3, 0.4) is 0 Å². The van der Waals surface area contributed by atoms with Crippen molar-refractivity contribution >= 4 is 15.9 Å². The summed E-state index contributed by atoms with van der Waals surface area (Å²) < 4.78 is 5.79. The highest BCUT2D eigenvalue weighted by Crippen LogP contribution is 2.38. The van der Waals surface area contributed by atoms with E-state index in [9.17, 15) is 0 Å². The Labute approximate surface area is 102 Å². The van der Waals surface area contributed by atoms with E-state index < -0.39 is 0 Å². The Hall–Kier alpha value is 0.180. The lowest BCUT2D eigenvalue weighted by atomic mass is 9.76. The predicted octanol–water partition coefficient (Wildman–Crippen LogP) is 4.31.